The number of carbonyl (C=O) groups is 1. The van der Waals surface area contributed by atoms with E-state index in [0.29, 0.717) is 22.8 Å². The SMILES string of the molecule is C=C1Cc2c(C)cc(Cl)cc2C(=O)O1. The second-order valence-corrected chi connectivity index (χ2v) is 3.79. The molecule has 0 amide bonds. The molecule has 0 saturated carbocycles. The van der Waals surface area contributed by atoms with Crippen LogP contribution < -0.4 is 0 Å². The predicted molar refractivity (Wildman–Crippen MR) is 54.4 cm³/mol. The van der Waals surface area contributed by atoms with Crippen LogP contribution in [0.1, 0.15) is 21.5 Å². The Morgan fingerprint density at radius 3 is 2.93 bits per heavy atom. The lowest BCUT2D eigenvalue weighted by atomic mass is 9.96. The van der Waals surface area contributed by atoms with Crippen molar-refractivity contribution in [2.75, 3.05) is 0 Å². The fraction of sp³-hybridized carbons (Fsp3) is 0.182. The van der Waals surface area contributed by atoms with Crippen LogP contribution in [0, 0.1) is 6.92 Å². The number of halogens is 1. The van der Waals surface area contributed by atoms with Crippen LogP contribution in [0.3, 0.4) is 0 Å². The maximum atomic E-state index is 11.5. The molecule has 0 radical (unpaired) electrons. The first-order valence-electron chi connectivity index (χ1n) is 4.27. The lowest BCUT2D eigenvalue weighted by molar-refractivity contribution is 0.0600. The molecule has 0 N–H and O–H groups in total. The molecule has 0 saturated heterocycles. The number of ether oxygens (including phenoxy) is 1. The quantitative estimate of drug-likeness (QED) is 0.613. The van der Waals surface area contributed by atoms with Crippen molar-refractivity contribution < 1.29 is 9.53 Å². The molecule has 14 heavy (non-hydrogen) atoms. The van der Waals surface area contributed by atoms with Gasteiger partial charge < -0.3 is 4.74 Å². The van der Waals surface area contributed by atoms with E-state index in [1.807, 2.05) is 13.0 Å². The van der Waals surface area contributed by atoms with Gasteiger partial charge in [0, 0.05) is 11.4 Å². The Labute approximate surface area is 87.1 Å². The van der Waals surface area contributed by atoms with Gasteiger partial charge in [0.1, 0.15) is 5.76 Å². The van der Waals surface area contributed by atoms with Gasteiger partial charge >= 0.3 is 5.97 Å². The smallest absolute Gasteiger partial charge is 0.343 e. The van der Waals surface area contributed by atoms with Crippen LogP contribution in [0.5, 0.6) is 0 Å². The summed E-state index contributed by atoms with van der Waals surface area (Å²) < 4.78 is 4.93. The van der Waals surface area contributed by atoms with Crippen molar-refractivity contribution in [1.29, 1.82) is 0 Å². The number of hydrogen-bond donors (Lipinski definition) is 0. The number of esters is 1. The molecule has 2 nitrogen and oxygen atoms in total. The highest BCUT2D eigenvalue weighted by molar-refractivity contribution is 6.31. The molecule has 1 aliphatic heterocycles. The largest absolute Gasteiger partial charge is 0.428 e. The van der Waals surface area contributed by atoms with E-state index in [1.165, 1.54) is 0 Å². The van der Waals surface area contributed by atoms with E-state index in [-0.39, 0.29) is 5.97 Å². The number of carbonyl (C=O) groups excluding carboxylic acids is 1. The summed E-state index contributed by atoms with van der Waals surface area (Å²) in [5, 5.41) is 0.561. The van der Waals surface area contributed by atoms with Crippen molar-refractivity contribution in [3.05, 3.63) is 46.2 Å². The zero-order valence-electron chi connectivity index (χ0n) is 7.76. The summed E-state index contributed by atoms with van der Waals surface area (Å²) >= 11 is 5.85. The Morgan fingerprint density at radius 1 is 1.50 bits per heavy atom. The van der Waals surface area contributed by atoms with Gasteiger partial charge in [-0.05, 0) is 30.2 Å². The van der Waals surface area contributed by atoms with Crippen molar-refractivity contribution >= 4 is 17.6 Å². The van der Waals surface area contributed by atoms with Crippen molar-refractivity contribution in [2.24, 2.45) is 0 Å². The normalized spacial score (nSPS) is 15.0. The third-order valence-corrected chi connectivity index (χ3v) is 2.49. The topological polar surface area (TPSA) is 26.3 Å². The molecular weight excluding hydrogens is 200 g/mol. The maximum Gasteiger partial charge on any atom is 0.343 e. The first-order chi connectivity index (χ1) is 6.58. The lowest BCUT2D eigenvalue weighted by Gasteiger charge is -2.19. The van der Waals surface area contributed by atoms with E-state index >= 15 is 0 Å². The third-order valence-electron chi connectivity index (χ3n) is 2.27. The molecule has 1 aromatic carbocycles. The van der Waals surface area contributed by atoms with Crippen LogP contribution in [-0.2, 0) is 11.2 Å². The summed E-state index contributed by atoms with van der Waals surface area (Å²) in [7, 11) is 0. The number of aryl methyl sites for hydroxylation is 1. The van der Waals surface area contributed by atoms with E-state index < -0.39 is 0 Å². The summed E-state index contributed by atoms with van der Waals surface area (Å²) in [5.41, 5.74) is 2.53. The van der Waals surface area contributed by atoms with E-state index in [9.17, 15) is 4.79 Å². The van der Waals surface area contributed by atoms with E-state index in [1.54, 1.807) is 6.07 Å². The van der Waals surface area contributed by atoms with Crippen LogP contribution in [0.2, 0.25) is 5.02 Å². The molecule has 0 unspecified atom stereocenters. The van der Waals surface area contributed by atoms with Gasteiger partial charge in [-0.1, -0.05) is 18.2 Å². The lowest BCUT2D eigenvalue weighted by Crippen LogP contribution is -2.16. The average Bonchev–Trinajstić information content (AvgIpc) is 2.07. The minimum Gasteiger partial charge on any atom is -0.428 e. The van der Waals surface area contributed by atoms with Crippen LogP contribution in [0.15, 0.2) is 24.5 Å². The van der Waals surface area contributed by atoms with Crippen molar-refractivity contribution in [3.63, 3.8) is 0 Å². The summed E-state index contributed by atoms with van der Waals surface area (Å²) in [6.45, 7) is 5.58. The van der Waals surface area contributed by atoms with E-state index in [2.05, 4.69) is 6.58 Å². The van der Waals surface area contributed by atoms with Crippen LogP contribution in [0.4, 0.5) is 0 Å². The molecule has 0 atom stereocenters. The molecule has 1 heterocycles. The van der Waals surface area contributed by atoms with Gasteiger partial charge in [-0.2, -0.15) is 0 Å². The molecule has 0 spiro atoms. The standard InChI is InChI=1S/C11H9ClO2/c1-6-3-8(12)5-10-9(6)4-7(2)14-11(10)13/h3,5H,2,4H2,1H3. The first-order valence-corrected chi connectivity index (χ1v) is 4.64. The zero-order chi connectivity index (χ0) is 10.3. The van der Waals surface area contributed by atoms with Crippen molar-refractivity contribution in [1.82, 2.24) is 0 Å². The van der Waals surface area contributed by atoms with Gasteiger partial charge in [-0.15, -0.1) is 0 Å². The van der Waals surface area contributed by atoms with E-state index in [4.69, 9.17) is 16.3 Å². The summed E-state index contributed by atoms with van der Waals surface area (Å²) in [5.74, 6) is 0.134. The van der Waals surface area contributed by atoms with Gasteiger partial charge in [0.05, 0.1) is 5.56 Å². The van der Waals surface area contributed by atoms with Crippen LogP contribution in [-0.4, -0.2) is 5.97 Å². The van der Waals surface area contributed by atoms with Crippen molar-refractivity contribution in [3.8, 4) is 0 Å². The second kappa shape index (κ2) is 3.14. The number of benzene rings is 1. The molecule has 1 aromatic rings. The highest BCUT2D eigenvalue weighted by Crippen LogP contribution is 2.27. The second-order valence-electron chi connectivity index (χ2n) is 3.35. The number of rotatable bonds is 0. The maximum absolute atomic E-state index is 11.5. The summed E-state index contributed by atoms with van der Waals surface area (Å²) in [6.07, 6.45) is 0.587. The third kappa shape index (κ3) is 1.42. The Balaban J connectivity index is 2.64. The molecule has 0 bridgehead atoms. The fourth-order valence-electron chi connectivity index (χ4n) is 1.61. The number of fused-ring (bicyclic) bond motifs is 1. The summed E-state index contributed by atoms with van der Waals surface area (Å²) in [6, 6.07) is 3.48. The molecule has 1 aliphatic rings. The highest BCUT2D eigenvalue weighted by atomic mass is 35.5. The van der Waals surface area contributed by atoms with E-state index in [0.717, 1.165) is 11.1 Å². The summed E-state index contributed by atoms with van der Waals surface area (Å²) in [4.78, 5) is 11.5. The van der Waals surface area contributed by atoms with Crippen LogP contribution in [0.25, 0.3) is 0 Å². The van der Waals surface area contributed by atoms with Crippen LogP contribution >= 0.6 is 11.6 Å². The minimum atomic E-state index is -0.359. The molecule has 72 valence electrons. The van der Waals surface area contributed by atoms with Gasteiger partial charge in [0.15, 0.2) is 0 Å². The van der Waals surface area contributed by atoms with Gasteiger partial charge in [-0.3, -0.25) is 0 Å². The molecule has 3 heteroatoms. The number of allylic oxidation sites excluding steroid dienone is 1. The van der Waals surface area contributed by atoms with Gasteiger partial charge in [0.2, 0.25) is 0 Å². The zero-order valence-corrected chi connectivity index (χ0v) is 8.52. The number of cyclic esters (lactones) is 1. The Morgan fingerprint density at radius 2 is 2.21 bits per heavy atom. The molecule has 2 rings (SSSR count). The van der Waals surface area contributed by atoms with Gasteiger partial charge in [0.25, 0.3) is 0 Å². The molecule has 0 fully saturated rings. The predicted octanol–water partition coefficient (Wildman–Crippen LogP) is 2.88. The minimum absolute atomic E-state index is 0.359. The molecule has 0 aromatic heterocycles. The number of hydrogen-bond acceptors (Lipinski definition) is 2. The van der Waals surface area contributed by atoms with Crippen molar-refractivity contribution in [2.45, 2.75) is 13.3 Å². The Bertz CT molecular complexity index is 435. The highest BCUT2D eigenvalue weighted by Gasteiger charge is 2.22. The Kier molecular flexibility index (Phi) is 2.08. The monoisotopic (exact) mass is 208 g/mol. The average molecular weight is 209 g/mol. The molecule has 0 aliphatic carbocycles. The van der Waals surface area contributed by atoms with Gasteiger partial charge in [-0.25, -0.2) is 4.79 Å². The first kappa shape index (κ1) is 9.28. The molecular formula is C11H9ClO2. The Hall–Kier alpha value is -1.28. The fourth-order valence-corrected chi connectivity index (χ4v) is 1.88.